The smallest absolute Gasteiger partial charge is 0.412 e. The third kappa shape index (κ3) is 6.16. The van der Waals surface area contributed by atoms with Crippen molar-refractivity contribution in [1.82, 2.24) is 0 Å². The highest BCUT2D eigenvalue weighted by Crippen LogP contribution is 2.24. The van der Waals surface area contributed by atoms with Gasteiger partial charge >= 0.3 is 12.1 Å². The average Bonchev–Trinajstić information content (AvgIpc) is 2.35. The van der Waals surface area contributed by atoms with Crippen LogP contribution in [0.3, 0.4) is 0 Å². The van der Waals surface area contributed by atoms with Crippen molar-refractivity contribution in [3.8, 4) is 5.75 Å². The molecule has 0 spiro atoms. The third-order valence-electron chi connectivity index (χ3n) is 2.56. The van der Waals surface area contributed by atoms with Gasteiger partial charge in [0.25, 0.3) is 0 Å². The number of carbonyl (C=O) groups is 2. The van der Waals surface area contributed by atoms with Crippen LogP contribution in [0.15, 0.2) is 18.2 Å². The maximum atomic E-state index is 11.8. The molecular weight excluding hydrogens is 274 g/mol. The lowest BCUT2D eigenvalue weighted by molar-refractivity contribution is -0.140. The second-order valence-corrected chi connectivity index (χ2v) is 5.54. The standard InChI is InChI=1S/C15H21NO5/c1-15(2,3)21-14(19)16-12-9-11(17)7-5-10(12)6-8-13(18)20-4/h5,7,9,17H,6,8H2,1-4H3,(H,16,19). The summed E-state index contributed by atoms with van der Waals surface area (Å²) in [6.45, 7) is 5.27. The van der Waals surface area contributed by atoms with Crippen LogP contribution >= 0.6 is 0 Å². The fourth-order valence-electron chi connectivity index (χ4n) is 1.65. The molecule has 0 bridgehead atoms. The summed E-state index contributed by atoms with van der Waals surface area (Å²) in [5.74, 6) is -0.325. The molecular formula is C15H21NO5. The van der Waals surface area contributed by atoms with Gasteiger partial charge in [0.15, 0.2) is 0 Å². The summed E-state index contributed by atoms with van der Waals surface area (Å²) in [4.78, 5) is 23.0. The van der Waals surface area contributed by atoms with Gasteiger partial charge in [-0.25, -0.2) is 4.79 Å². The van der Waals surface area contributed by atoms with Crippen LogP contribution in [0.4, 0.5) is 10.5 Å². The van der Waals surface area contributed by atoms with Crippen molar-refractivity contribution in [2.75, 3.05) is 12.4 Å². The van der Waals surface area contributed by atoms with Gasteiger partial charge in [-0.05, 0) is 38.8 Å². The Hall–Kier alpha value is -2.24. The molecule has 1 aromatic carbocycles. The first kappa shape index (κ1) is 16.8. The second-order valence-electron chi connectivity index (χ2n) is 5.54. The summed E-state index contributed by atoms with van der Waals surface area (Å²) in [6, 6.07) is 4.55. The molecule has 1 rings (SSSR count). The second kappa shape index (κ2) is 6.97. The predicted octanol–water partition coefficient (Wildman–Crippen LogP) is 2.84. The molecule has 0 aromatic heterocycles. The molecule has 0 aliphatic rings. The molecule has 0 radical (unpaired) electrons. The van der Waals surface area contributed by atoms with Gasteiger partial charge in [-0.15, -0.1) is 0 Å². The van der Waals surface area contributed by atoms with Gasteiger partial charge in [-0.3, -0.25) is 10.1 Å². The number of esters is 1. The summed E-state index contributed by atoms with van der Waals surface area (Å²) in [6.07, 6.45) is -0.0463. The number of aromatic hydroxyl groups is 1. The van der Waals surface area contributed by atoms with Crippen LogP contribution in [0.25, 0.3) is 0 Å². The van der Waals surface area contributed by atoms with E-state index in [0.29, 0.717) is 17.7 Å². The fourth-order valence-corrected chi connectivity index (χ4v) is 1.65. The molecule has 6 heteroatoms. The lowest BCUT2D eigenvalue weighted by atomic mass is 10.1. The third-order valence-corrected chi connectivity index (χ3v) is 2.56. The Bertz CT molecular complexity index is 519. The maximum Gasteiger partial charge on any atom is 0.412 e. The zero-order valence-corrected chi connectivity index (χ0v) is 12.7. The van der Waals surface area contributed by atoms with E-state index in [9.17, 15) is 14.7 Å². The minimum absolute atomic E-state index is 0.0166. The number of hydrogen-bond acceptors (Lipinski definition) is 5. The first-order chi connectivity index (χ1) is 9.71. The minimum Gasteiger partial charge on any atom is -0.508 e. The number of aryl methyl sites for hydroxylation is 1. The lowest BCUT2D eigenvalue weighted by Gasteiger charge is -2.20. The topological polar surface area (TPSA) is 84.9 Å². The van der Waals surface area contributed by atoms with E-state index in [0.717, 1.165) is 0 Å². The molecule has 0 fully saturated rings. The van der Waals surface area contributed by atoms with Gasteiger partial charge in [0, 0.05) is 12.5 Å². The van der Waals surface area contributed by atoms with Crippen LogP contribution < -0.4 is 5.32 Å². The highest BCUT2D eigenvalue weighted by molar-refractivity contribution is 5.86. The number of methoxy groups -OCH3 is 1. The van der Waals surface area contributed by atoms with Gasteiger partial charge in [0.05, 0.1) is 12.8 Å². The molecule has 21 heavy (non-hydrogen) atoms. The molecule has 0 heterocycles. The van der Waals surface area contributed by atoms with Gasteiger partial charge < -0.3 is 14.6 Å². The monoisotopic (exact) mass is 295 g/mol. The minimum atomic E-state index is -0.618. The molecule has 0 saturated heterocycles. The van der Waals surface area contributed by atoms with Crippen LogP contribution in [0.5, 0.6) is 5.75 Å². The van der Waals surface area contributed by atoms with E-state index in [2.05, 4.69) is 10.1 Å². The summed E-state index contributed by atoms with van der Waals surface area (Å²) in [5.41, 5.74) is 0.504. The van der Waals surface area contributed by atoms with E-state index >= 15 is 0 Å². The van der Waals surface area contributed by atoms with Crippen LogP contribution in [-0.4, -0.2) is 29.9 Å². The number of phenolic OH excluding ortho intramolecular Hbond substituents is 1. The maximum absolute atomic E-state index is 11.8. The number of phenols is 1. The molecule has 1 aromatic rings. The molecule has 0 saturated carbocycles. The zero-order valence-electron chi connectivity index (χ0n) is 12.7. The molecule has 0 atom stereocenters. The summed E-state index contributed by atoms with van der Waals surface area (Å²) >= 11 is 0. The molecule has 2 N–H and O–H groups in total. The van der Waals surface area contributed by atoms with Gasteiger partial charge in [-0.2, -0.15) is 0 Å². The molecule has 0 unspecified atom stereocenters. The number of hydrogen-bond donors (Lipinski definition) is 2. The summed E-state index contributed by atoms with van der Waals surface area (Å²) < 4.78 is 9.74. The number of benzene rings is 1. The number of ether oxygens (including phenoxy) is 2. The summed E-state index contributed by atoms with van der Waals surface area (Å²) in [5, 5.41) is 12.1. The normalized spacial score (nSPS) is 10.9. The SMILES string of the molecule is COC(=O)CCc1ccc(O)cc1NC(=O)OC(C)(C)C. The highest BCUT2D eigenvalue weighted by Gasteiger charge is 2.17. The van der Waals surface area contributed by atoms with Crippen LogP contribution in [0, 0.1) is 0 Å². The Balaban J connectivity index is 2.82. The van der Waals surface area contributed by atoms with Crippen LogP contribution in [0.2, 0.25) is 0 Å². The molecule has 116 valence electrons. The van der Waals surface area contributed by atoms with Crippen LogP contribution in [-0.2, 0) is 20.7 Å². The Morgan fingerprint density at radius 1 is 1.29 bits per heavy atom. The van der Waals surface area contributed by atoms with E-state index in [1.165, 1.54) is 19.2 Å². The van der Waals surface area contributed by atoms with E-state index in [-0.39, 0.29) is 18.1 Å². The van der Waals surface area contributed by atoms with Crippen molar-refractivity contribution in [3.05, 3.63) is 23.8 Å². The first-order valence-corrected chi connectivity index (χ1v) is 6.60. The number of anilines is 1. The quantitative estimate of drug-likeness (QED) is 0.834. The number of carbonyl (C=O) groups excluding carboxylic acids is 2. The molecule has 0 aliphatic carbocycles. The Morgan fingerprint density at radius 3 is 2.52 bits per heavy atom. The van der Waals surface area contributed by atoms with Crippen molar-refractivity contribution in [2.24, 2.45) is 0 Å². The summed E-state index contributed by atoms with van der Waals surface area (Å²) in [7, 11) is 1.32. The van der Waals surface area contributed by atoms with Gasteiger partial charge in [0.2, 0.25) is 0 Å². The molecule has 0 aliphatic heterocycles. The lowest BCUT2D eigenvalue weighted by Crippen LogP contribution is -2.27. The van der Waals surface area contributed by atoms with E-state index in [1.807, 2.05) is 0 Å². The van der Waals surface area contributed by atoms with E-state index in [1.54, 1.807) is 26.8 Å². The van der Waals surface area contributed by atoms with Crippen molar-refractivity contribution >= 4 is 17.7 Å². The van der Waals surface area contributed by atoms with Crippen molar-refractivity contribution in [1.29, 1.82) is 0 Å². The van der Waals surface area contributed by atoms with E-state index in [4.69, 9.17) is 4.74 Å². The number of nitrogens with one attached hydrogen (secondary N) is 1. The van der Waals surface area contributed by atoms with Crippen molar-refractivity contribution in [2.45, 2.75) is 39.2 Å². The van der Waals surface area contributed by atoms with Gasteiger partial charge in [-0.1, -0.05) is 6.07 Å². The Labute approximate surface area is 124 Å². The predicted molar refractivity (Wildman–Crippen MR) is 78.3 cm³/mol. The van der Waals surface area contributed by atoms with E-state index < -0.39 is 11.7 Å². The van der Waals surface area contributed by atoms with Crippen molar-refractivity contribution in [3.63, 3.8) is 0 Å². The zero-order chi connectivity index (χ0) is 16.0. The molecule has 1 amide bonds. The Morgan fingerprint density at radius 2 is 1.95 bits per heavy atom. The van der Waals surface area contributed by atoms with Crippen molar-refractivity contribution < 1.29 is 24.2 Å². The molecule has 6 nitrogen and oxygen atoms in total. The van der Waals surface area contributed by atoms with Crippen LogP contribution in [0.1, 0.15) is 32.8 Å². The fraction of sp³-hybridized carbons (Fsp3) is 0.467. The first-order valence-electron chi connectivity index (χ1n) is 6.60. The van der Waals surface area contributed by atoms with Gasteiger partial charge in [0.1, 0.15) is 11.4 Å². The average molecular weight is 295 g/mol. The largest absolute Gasteiger partial charge is 0.508 e. The number of amides is 1. The number of rotatable bonds is 4. The Kier molecular flexibility index (Phi) is 5.58. The highest BCUT2D eigenvalue weighted by atomic mass is 16.6.